The third-order valence-electron chi connectivity index (χ3n) is 7.06. The highest BCUT2D eigenvalue weighted by Gasteiger charge is 2.39. The van der Waals surface area contributed by atoms with Gasteiger partial charge in [-0.25, -0.2) is 4.79 Å². The average molecular weight is 573 g/mol. The van der Waals surface area contributed by atoms with Crippen LogP contribution < -0.4 is 15.9 Å². The van der Waals surface area contributed by atoms with Crippen LogP contribution >= 0.6 is 21.0 Å². The second-order valence-corrected chi connectivity index (χ2v) is 11.8. The standard InChI is InChI=1S/C28H28F3N4O2PS/c1-14(2)26(36)35-16(4)12-33(13-17(35)5)25-19-11-20(28(29,30)31)22(18-7-6-15(3)10-21(18)38)24-23(19)34(8-9-39-24)27(37)32-25/h6-7,10-11,17H,1,4,8-9,12-13,38H2,2-3,5H3. The molecule has 1 saturated heterocycles. The highest BCUT2D eigenvalue weighted by Crippen LogP contribution is 2.48. The molecule has 3 aromatic rings. The number of hydrogen-bond donors (Lipinski definition) is 0. The van der Waals surface area contributed by atoms with Gasteiger partial charge in [0.15, 0.2) is 0 Å². The first kappa shape index (κ1) is 27.5. The van der Waals surface area contributed by atoms with Gasteiger partial charge in [0.1, 0.15) is 5.82 Å². The van der Waals surface area contributed by atoms with E-state index in [2.05, 4.69) is 27.4 Å². The van der Waals surface area contributed by atoms with Crippen molar-refractivity contribution in [1.82, 2.24) is 14.5 Å². The van der Waals surface area contributed by atoms with Crippen molar-refractivity contribution in [3.05, 3.63) is 70.3 Å². The molecule has 2 atom stereocenters. The molecule has 0 spiro atoms. The Kier molecular flexibility index (Phi) is 6.92. The highest BCUT2D eigenvalue weighted by molar-refractivity contribution is 7.99. The lowest BCUT2D eigenvalue weighted by molar-refractivity contribution is -0.137. The number of anilines is 1. The van der Waals surface area contributed by atoms with E-state index in [1.54, 1.807) is 28.9 Å². The molecule has 2 aliphatic heterocycles. The molecule has 0 saturated carbocycles. The molecular formula is C28H28F3N4O2PS. The molecule has 1 aromatic heterocycles. The van der Waals surface area contributed by atoms with Crippen LogP contribution in [0.5, 0.6) is 0 Å². The SMILES string of the molecule is C=C(C)C(=O)N1C(=C)CN(c2nc(=O)n3c4c(c(-c5ccc(C)cc5P)c(C(F)(F)F)cc24)SCC3)CC1C. The summed E-state index contributed by atoms with van der Waals surface area (Å²) in [6, 6.07) is 6.09. The summed E-state index contributed by atoms with van der Waals surface area (Å²) in [4.78, 5) is 34.0. The fourth-order valence-electron chi connectivity index (χ4n) is 5.41. The van der Waals surface area contributed by atoms with Crippen LogP contribution in [0.2, 0.25) is 0 Å². The molecule has 2 unspecified atom stereocenters. The molecule has 0 radical (unpaired) electrons. The fraction of sp³-hybridized carbons (Fsp3) is 0.321. The van der Waals surface area contributed by atoms with Crippen LogP contribution in [0.25, 0.3) is 22.0 Å². The van der Waals surface area contributed by atoms with Crippen LogP contribution in [0.1, 0.15) is 25.0 Å². The quantitative estimate of drug-likeness (QED) is 0.322. The van der Waals surface area contributed by atoms with Crippen molar-refractivity contribution in [3.8, 4) is 11.1 Å². The number of aromatic nitrogens is 2. The second kappa shape index (κ2) is 9.82. The van der Waals surface area contributed by atoms with E-state index < -0.39 is 17.4 Å². The second-order valence-electron chi connectivity index (χ2n) is 10.1. The maximum absolute atomic E-state index is 14.7. The molecule has 3 heterocycles. The molecule has 39 heavy (non-hydrogen) atoms. The van der Waals surface area contributed by atoms with Gasteiger partial charge in [0.2, 0.25) is 0 Å². The summed E-state index contributed by atoms with van der Waals surface area (Å²) in [6.45, 7) is 13.8. The molecule has 1 amide bonds. The van der Waals surface area contributed by atoms with Gasteiger partial charge >= 0.3 is 11.9 Å². The van der Waals surface area contributed by atoms with Gasteiger partial charge in [0, 0.05) is 46.0 Å². The van der Waals surface area contributed by atoms with Gasteiger partial charge in [-0.1, -0.05) is 36.9 Å². The van der Waals surface area contributed by atoms with E-state index in [9.17, 15) is 22.8 Å². The van der Waals surface area contributed by atoms with E-state index in [1.807, 2.05) is 19.9 Å². The van der Waals surface area contributed by atoms with Gasteiger partial charge in [-0.15, -0.1) is 21.0 Å². The number of carbonyl (C=O) groups is 1. The summed E-state index contributed by atoms with van der Waals surface area (Å²) in [7, 11) is 2.54. The number of carbonyl (C=O) groups excluding carboxylic acids is 1. The van der Waals surface area contributed by atoms with Gasteiger partial charge < -0.3 is 9.80 Å². The van der Waals surface area contributed by atoms with Crippen molar-refractivity contribution in [1.29, 1.82) is 0 Å². The number of rotatable bonds is 3. The molecular weight excluding hydrogens is 544 g/mol. The fourth-order valence-corrected chi connectivity index (χ4v) is 7.11. The topological polar surface area (TPSA) is 58.4 Å². The number of amides is 1. The Hall–Kier alpha value is -3.10. The molecule has 0 bridgehead atoms. The van der Waals surface area contributed by atoms with E-state index in [0.717, 1.165) is 11.6 Å². The number of halogens is 3. The normalized spacial score (nSPS) is 17.6. The summed E-state index contributed by atoms with van der Waals surface area (Å²) in [5.74, 6) is 0.353. The monoisotopic (exact) mass is 572 g/mol. The van der Waals surface area contributed by atoms with Gasteiger partial charge in [-0.05, 0) is 37.7 Å². The zero-order chi connectivity index (χ0) is 28.4. The minimum absolute atomic E-state index is 0.0738. The number of benzene rings is 2. The molecule has 11 heteroatoms. The van der Waals surface area contributed by atoms with E-state index in [1.165, 1.54) is 16.3 Å². The molecule has 0 aliphatic carbocycles. The maximum Gasteiger partial charge on any atom is 0.417 e. The van der Waals surface area contributed by atoms with Crippen LogP contribution in [-0.4, -0.2) is 45.2 Å². The minimum atomic E-state index is -4.65. The summed E-state index contributed by atoms with van der Waals surface area (Å²) >= 11 is 1.32. The predicted octanol–water partition coefficient (Wildman–Crippen LogP) is 5.12. The van der Waals surface area contributed by atoms with E-state index in [-0.39, 0.29) is 41.8 Å². The van der Waals surface area contributed by atoms with Crippen molar-refractivity contribution in [2.75, 3.05) is 23.7 Å². The number of alkyl halides is 3. The number of thioether (sulfide) groups is 1. The van der Waals surface area contributed by atoms with Crippen molar-refractivity contribution < 1.29 is 18.0 Å². The summed E-state index contributed by atoms with van der Waals surface area (Å²) in [5, 5.41) is 0.902. The Balaban J connectivity index is 1.78. The van der Waals surface area contributed by atoms with Crippen LogP contribution in [-0.2, 0) is 17.5 Å². The largest absolute Gasteiger partial charge is 0.417 e. The third-order valence-corrected chi connectivity index (χ3v) is 8.62. The van der Waals surface area contributed by atoms with Gasteiger partial charge in [0.05, 0.1) is 23.7 Å². The Morgan fingerprint density at radius 2 is 1.97 bits per heavy atom. The van der Waals surface area contributed by atoms with Crippen LogP contribution in [0.3, 0.4) is 0 Å². The zero-order valence-corrected chi connectivity index (χ0v) is 23.8. The first-order valence-corrected chi connectivity index (χ1v) is 14.0. The minimum Gasteiger partial charge on any atom is -0.348 e. The van der Waals surface area contributed by atoms with Crippen LogP contribution in [0, 0.1) is 6.92 Å². The lowest BCUT2D eigenvalue weighted by Crippen LogP contribution is -2.53. The number of hydrogen-bond acceptors (Lipinski definition) is 5. The Labute approximate surface area is 230 Å². The van der Waals surface area contributed by atoms with Crippen molar-refractivity contribution in [3.63, 3.8) is 0 Å². The lowest BCUT2D eigenvalue weighted by Gasteiger charge is -2.42. The van der Waals surface area contributed by atoms with E-state index in [0.29, 0.717) is 44.8 Å². The molecule has 1 fully saturated rings. The lowest BCUT2D eigenvalue weighted by atomic mass is 9.95. The predicted molar refractivity (Wildman–Crippen MR) is 154 cm³/mol. The average Bonchev–Trinajstić information content (AvgIpc) is 2.85. The van der Waals surface area contributed by atoms with Gasteiger partial charge in [-0.2, -0.15) is 18.2 Å². The Morgan fingerprint density at radius 1 is 1.26 bits per heavy atom. The highest BCUT2D eigenvalue weighted by atomic mass is 32.2. The Morgan fingerprint density at radius 3 is 2.59 bits per heavy atom. The molecule has 0 N–H and O–H groups in total. The van der Waals surface area contributed by atoms with Gasteiger partial charge in [-0.3, -0.25) is 9.36 Å². The zero-order valence-electron chi connectivity index (χ0n) is 21.9. The molecule has 2 aliphatic rings. The number of piperazine rings is 1. The molecule has 5 rings (SSSR count). The van der Waals surface area contributed by atoms with Gasteiger partial charge in [0.25, 0.3) is 5.91 Å². The number of nitrogens with zero attached hydrogens (tertiary/aromatic N) is 4. The van der Waals surface area contributed by atoms with Crippen LogP contribution in [0.4, 0.5) is 19.0 Å². The first-order chi connectivity index (χ1) is 18.3. The van der Waals surface area contributed by atoms with Crippen LogP contribution in [0.15, 0.2) is 58.4 Å². The van der Waals surface area contributed by atoms with E-state index in [4.69, 9.17) is 0 Å². The number of aryl methyl sites for hydroxylation is 2. The van der Waals surface area contributed by atoms with Crippen molar-refractivity contribution in [2.45, 2.75) is 44.4 Å². The molecule has 6 nitrogen and oxygen atoms in total. The third kappa shape index (κ3) is 4.67. The van der Waals surface area contributed by atoms with E-state index >= 15 is 0 Å². The summed E-state index contributed by atoms with van der Waals surface area (Å²) < 4.78 is 45.6. The Bertz CT molecular complexity index is 1630. The summed E-state index contributed by atoms with van der Waals surface area (Å²) in [5.41, 5.74) is 1.44. The van der Waals surface area contributed by atoms with Crippen molar-refractivity contribution in [2.24, 2.45) is 0 Å². The molecule has 204 valence electrons. The smallest absolute Gasteiger partial charge is 0.348 e. The first-order valence-electron chi connectivity index (χ1n) is 12.4. The molecule has 2 aromatic carbocycles. The van der Waals surface area contributed by atoms with Crippen molar-refractivity contribution >= 4 is 48.9 Å². The maximum atomic E-state index is 14.7. The summed E-state index contributed by atoms with van der Waals surface area (Å²) in [6.07, 6.45) is -4.65.